The molecule has 29 heavy (non-hydrogen) atoms. The molecule has 0 amide bonds. The van der Waals surface area contributed by atoms with Gasteiger partial charge in [-0.15, -0.1) is 0 Å². The standard InChI is InChI=1S/C23H44O6/c1-2-3-4-5-6-8-11-19-14-15-21(25)20(19)12-9-7-10-13-22(23(26)27)29-18-28-17-16-24/h19-22,24-25H,2-18H2,1H3,(H,26,27)/t19-,20+,21-,22?/m0/s1. The molecule has 0 saturated heterocycles. The summed E-state index contributed by atoms with van der Waals surface area (Å²) in [6.45, 7) is 2.18. The maximum absolute atomic E-state index is 11.2. The largest absolute Gasteiger partial charge is 0.479 e. The third kappa shape index (κ3) is 11.9. The van der Waals surface area contributed by atoms with Gasteiger partial charge in [-0.3, -0.25) is 0 Å². The van der Waals surface area contributed by atoms with E-state index in [1.165, 1.54) is 44.9 Å². The van der Waals surface area contributed by atoms with Crippen molar-refractivity contribution in [3.63, 3.8) is 0 Å². The molecule has 172 valence electrons. The highest BCUT2D eigenvalue weighted by Gasteiger charge is 2.33. The zero-order chi connectivity index (χ0) is 21.3. The van der Waals surface area contributed by atoms with Crippen LogP contribution in [0.1, 0.15) is 96.8 Å². The molecule has 0 aromatic carbocycles. The third-order valence-electron chi connectivity index (χ3n) is 6.23. The van der Waals surface area contributed by atoms with Crippen LogP contribution >= 0.6 is 0 Å². The second-order valence-electron chi connectivity index (χ2n) is 8.51. The number of carboxylic acid groups (broad SMARTS) is 1. The molecule has 0 radical (unpaired) electrons. The van der Waals surface area contributed by atoms with Crippen molar-refractivity contribution in [2.45, 2.75) is 109 Å². The maximum Gasteiger partial charge on any atom is 0.332 e. The minimum absolute atomic E-state index is 0.103. The number of aliphatic hydroxyl groups excluding tert-OH is 2. The summed E-state index contributed by atoms with van der Waals surface area (Å²) < 4.78 is 10.2. The van der Waals surface area contributed by atoms with Crippen molar-refractivity contribution in [1.82, 2.24) is 0 Å². The minimum Gasteiger partial charge on any atom is -0.479 e. The van der Waals surface area contributed by atoms with Gasteiger partial charge in [-0.25, -0.2) is 4.79 Å². The normalized spacial score (nSPS) is 22.8. The summed E-state index contributed by atoms with van der Waals surface area (Å²) in [6.07, 6.45) is 14.5. The lowest BCUT2D eigenvalue weighted by Crippen LogP contribution is -2.25. The molecular formula is C23H44O6. The summed E-state index contributed by atoms with van der Waals surface area (Å²) in [6, 6.07) is 0. The minimum atomic E-state index is -0.970. The van der Waals surface area contributed by atoms with Crippen molar-refractivity contribution < 1.29 is 29.6 Å². The van der Waals surface area contributed by atoms with E-state index >= 15 is 0 Å². The predicted molar refractivity (Wildman–Crippen MR) is 114 cm³/mol. The summed E-state index contributed by atoms with van der Waals surface area (Å²) in [5.41, 5.74) is 0. The molecule has 0 aromatic rings. The van der Waals surface area contributed by atoms with Gasteiger partial charge in [0.1, 0.15) is 6.79 Å². The van der Waals surface area contributed by atoms with Crippen LogP contribution in [0.4, 0.5) is 0 Å². The molecule has 1 rings (SSSR count). The number of hydrogen-bond donors (Lipinski definition) is 3. The van der Waals surface area contributed by atoms with E-state index in [1.54, 1.807) is 0 Å². The van der Waals surface area contributed by atoms with Gasteiger partial charge in [0.25, 0.3) is 0 Å². The van der Waals surface area contributed by atoms with Gasteiger partial charge < -0.3 is 24.8 Å². The SMILES string of the molecule is CCCCCCCC[C@H]1CC[C@H](O)[C@@H]1CCCCCC(OCOCCO)C(=O)O. The van der Waals surface area contributed by atoms with Gasteiger partial charge in [0.05, 0.1) is 19.3 Å². The van der Waals surface area contributed by atoms with E-state index in [2.05, 4.69) is 6.92 Å². The average Bonchev–Trinajstić information content (AvgIpc) is 3.05. The molecule has 0 aliphatic heterocycles. The number of ether oxygens (including phenoxy) is 2. The van der Waals surface area contributed by atoms with E-state index in [1.807, 2.05) is 0 Å². The van der Waals surface area contributed by atoms with Gasteiger partial charge in [0.15, 0.2) is 6.10 Å². The van der Waals surface area contributed by atoms with Crippen LogP contribution in [0.3, 0.4) is 0 Å². The van der Waals surface area contributed by atoms with Crippen LogP contribution in [-0.4, -0.2) is 53.5 Å². The zero-order valence-electron chi connectivity index (χ0n) is 18.4. The Labute approximate surface area is 177 Å². The van der Waals surface area contributed by atoms with E-state index in [4.69, 9.17) is 14.6 Å². The van der Waals surface area contributed by atoms with E-state index in [9.17, 15) is 15.0 Å². The van der Waals surface area contributed by atoms with Crippen LogP contribution in [0.15, 0.2) is 0 Å². The molecular weight excluding hydrogens is 372 g/mol. The third-order valence-corrected chi connectivity index (χ3v) is 6.23. The molecule has 1 aliphatic rings. The summed E-state index contributed by atoms with van der Waals surface area (Å²) in [5.74, 6) is 0.113. The summed E-state index contributed by atoms with van der Waals surface area (Å²) in [7, 11) is 0. The van der Waals surface area contributed by atoms with Gasteiger partial charge in [0.2, 0.25) is 0 Å². The average molecular weight is 417 g/mol. The van der Waals surface area contributed by atoms with Gasteiger partial charge in [-0.1, -0.05) is 71.1 Å². The van der Waals surface area contributed by atoms with E-state index in [0.717, 1.165) is 38.5 Å². The molecule has 3 N–H and O–H groups in total. The van der Waals surface area contributed by atoms with E-state index in [-0.39, 0.29) is 26.1 Å². The van der Waals surface area contributed by atoms with Crippen molar-refractivity contribution in [2.75, 3.05) is 20.0 Å². The fraction of sp³-hybridized carbons (Fsp3) is 0.957. The Kier molecular flexibility index (Phi) is 15.5. The second-order valence-corrected chi connectivity index (χ2v) is 8.51. The number of carboxylic acids is 1. The molecule has 0 bridgehead atoms. The Morgan fingerprint density at radius 2 is 1.69 bits per heavy atom. The Morgan fingerprint density at radius 3 is 2.41 bits per heavy atom. The van der Waals surface area contributed by atoms with E-state index in [0.29, 0.717) is 18.3 Å². The van der Waals surface area contributed by atoms with Crippen molar-refractivity contribution in [2.24, 2.45) is 11.8 Å². The Bertz CT molecular complexity index is 403. The summed E-state index contributed by atoms with van der Waals surface area (Å²) in [4.78, 5) is 11.2. The first-order valence-corrected chi connectivity index (χ1v) is 11.8. The number of unbranched alkanes of at least 4 members (excludes halogenated alkanes) is 7. The zero-order valence-corrected chi connectivity index (χ0v) is 18.4. The fourth-order valence-electron chi connectivity index (χ4n) is 4.52. The fourth-order valence-corrected chi connectivity index (χ4v) is 4.52. The first kappa shape index (κ1) is 26.3. The smallest absolute Gasteiger partial charge is 0.332 e. The van der Waals surface area contributed by atoms with Crippen LogP contribution in [0.5, 0.6) is 0 Å². The number of carbonyl (C=O) groups is 1. The lowest BCUT2D eigenvalue weighted by Gasteiger charge is -2.22. The molecule has 0 heterocycles. The van der Waals surface area contributed by atoms with Crippen LogP contribution in [0.25, 0.3) is 0 Å². The van der Waals surface area contributed by atoms with Crippen LogP contribution in [0.2, 0.25) is 0 Å². The Hall–Kier alpha value is -0.690. The molecule has 6 nitrogen and oxygen atoms in total. The van der Waals surface area contributed by atoms with Crippen LogP contribution < -0.4 is 0 Å². The summed E-state index contributed by atoms with van der Waals surface area (Å²) in [5, 5.41) is 28.2. The first-order valence-electron chi connectivity index (χ1n) is 11.8. The highest BCUT2D eigenvalue weighted by Crippen LogP contribution is 2.39. The molecule has 1 saturated carbocycles. The summed E-state index contributed by atoms with van der Waals surface area (Å²) >= 11 is 0. The molecule has 1 fully saturated rings. The van der Waals surface area contributed by atoms with Crippen molar-refractivity contribution in [3.05, 3.63) is 0 Å². The van der Waals surface area contributed by atoms with Crippen molar-refractivity contribution in [1.29, 1.82) is 0 Å². The van der Waals surface area contributed by atoms with Gasteiger partial charge in [0, 0.05) is 0 Å². The predicted octanol–water partition coefficient (Wildman–Crippen LogP) is 4.51. The Balaban J connectivity index is 2.17. The Morgan fingerprint density at radius 1 is 1.00 bits per heavy atom. The lowest BCUT2D eigenvalue weighted by molar-refractivity contribution is -0.162. The molecule has 1 unspecified atom stereocenters. The first-order chi connectivity index (χ1) is 14.1. The highest BCUT2D eigenvalue weighted by atomic mass is 16.7. The number of rotatable bonds is 19. The van der Waals surface area contributed by atoms with E-state index < -0.39 is 12.1 Å². The monoisotopic (exact) mass is 416 g/mol. The van der Waals surface area contributed by atoms with Crippen molar-refractivity contribution >= 4 is 5.97 Å². The number of aliphatic carboxylic acids is 1. The molecule has 0 aromatic heterocycles. The van der Waals surface area contributed by atoms with Crippen molar-refractivity contribution in [3.8, 4) is 0 Å². The maximum atomic E-state index is 11.2. The van der Waals surface area contributed by atoms with Gasteiger partial charge in [-0.2, -0.15) is 0 Å². The van der Waals surface area contributed by atoms with Crippen LogP contribution in [-0.2, 0) is 14.3 Å². The molecule has 6 heteroatoms. The number of aliphatic hydroxyl groups is 2. The van der Waals surface area contributed by atoms with Gasteiger partial charge in [-0.05, 0) is 37.5 Å². The van der Waals surface area contributed by atoms with Crippen LogP contribution in [0, 0.1) is 11.8 Å². The molecule has 1 aliphatic carbocycles. The lowest BCUT2D eigenvalue weighted by atomic mass is 9.85. The molecule has 4 atom stereocenters. The van der Waals surface area contributed by atoms with Gasteiger partial charge >= 0.3 is 5.97 Å². The quantitative estimate of drug-likeness (QED) is 0.212. The second kappa shape index (κ2) is 17.0. The topological polar surface area (TPSA) is 96.2 Å². The highest BCUT2D eigenvalue weighted by molar-refractivity contribution is 5.72. The molecule has 0 spiro atoms. The number of hydrogen-bond acceptors (Lipinski definition) is 5.